The smallest absolute Gasteiger partial charge is 0.293 e. The zero-order valence-electron chi connectivity index (χ0n) is 15.7. The van der Waals surface area contributed by atoms with Crippen LogP contribution < -0.4 is 4.74 Å². The van der Waals surface area contributed by atoms with Crippen molar-refractivity contribution < 1.29 is 22.9 Å². The van der Waals surface area contributed by atoms with Gasteiger partial charge in [0.2, 0.25) is 15.9 Å². The van der Waals surface area contributed by atoms with Gasteiger partial charge in [-0.1, -0.05) is 6.07 Å². The molecular weight excluding hydrogens is 400 g/mol. The number of rotatable bonds is 6. The monoisotopic (exact) mass is 420 g/mol. The van der Waals surface area contributed by atoms with Gasteiger partial charge in [0.15, 0.2) is 4.90 Å². The van der Waals surface area contributed by atoms with Crippen molar-refractivity contribution >= 4 is 21.6 Å². The van der Waals surface area contributed by atoms with Gasteiger partial charge in [-0.3, -0.25) is 19.9 Å². The van der Waals surface area contributed by atoms with Crippen molar-refractivity contribution in [2.24, 2.45) is 0 Å². The number of amides is 1. The zero-order valence-corrected chi connectivity index (χ0v) is 16.5. The van der Waals surface area contributed by atoms with Gasteiger partial charge in [-0.15, -0.1) is 0 Å². The minimum Gasteiger partial charge on any atom is -0.497 e. The van der Waals surface area contributed by atoms with E-state index >= 15 is 0 Å². The third-order valence-electron chi connectivity index (χ3n) is 4.63. The first-order chi connectivity index (χ1) is 13.8. The summed E-state index contributed by atoms with van der Waals surface area (Å²) in [6, 6.07) is 8.93. The van der Waals surface area contributed by atoms with E-state index in [0.29, 0.717) is 5.69 Å². The van der Waals surface area contributed by atoms with E-state index in [1.165, 1.54) is 19.2 Å². The summed E-state index contributed by atoms with van der Waals surface area (Å²) in [6.45, 7) is 0.517. The fourth-order valence-electron chi connectivity index (χ4n) is 3.07. The third-order valence-corrected chi connectivity index (χ3v) is 6.58. The lowest BCUT2D eigenvalue weighted by atomic mass is 10.2. The number of carbonyl (C=O) groups is 1. The summed E-state index contributed by atoms with van der Waals surface area (Å²) >= 11 is 0. The highest BCUT2D eigenvalue weighted by Gasteiger charge is 2.35. The Morgan fingerprint density at radius 1 is 1.21 bits per heavy atom. The van der Waals surface area contributed by atoms with Crippen molar-refractivity contribution in [3.8, 4) is 5.75 Å². The molecule has 0 N–H and O–H groups in total. The number of nitrogens with zero attached hydrogens (tertiary/aromatic N) is 4. The first-order valence-corrected chi connectivity index (χ1v) is 10.3. The molecule has 1 amide bonds. The molecule has 0 atom stereocenters. The highest BCUT2D eigenvalue weighted by Crippen LogP contribution is 2.31. The molecule has 1 aliphatic rings. The predicted molar refractivity (Wildman–Crippen MR) is 103 cm³/mol. The molecule has 0 unspecified atom stereocenters. The summed E-state index contributed by atoms with van der Waals surface area (Å²) < 4.78 is 32.0. The normalized spacial score (nSPS) is 15.1. The van der Waals surface area contributed by atoms with E-state index in [-0.39, 0.29) is 44.3 Å². The summed E-state index contributed by atoms with van der Waals surface area (Å²) in [6.07, 6.45) is 1.74. The molecule has 0 saturated carbocycles. The first kappa shape index (κ1) is 20.7. The van der Waals surface area contributed by atoms with Crippen LogP contribution in [0.25, 0.3) is 0 Å². The zero-order chi connectivity index (χ0) is 21.0. The molecular formula is C18H20N4O6S. The molecule has 0 aliphatic carbocycles. The number of aromatic nitrogens is 1. The second-order valence-electron chi connectivity index (χ2n) is 6.37. The SMILES string of the molecule is COc1ccc(S(=O)(=O)N2CCN(C(=O)Cc3ccccn3)CC2)c([N+](=O)[O-])c1. The van der Waals surface area contributed by atoms with Gasteiger partial charge in [0.1, 0.15) is 5.75 Å². The lowest BCUT2D eigenvalue weighted by Gasteiger charge is -2.34. The molecule has 0 radical (unpaired) electrons. The Kier molecular flexibility index (Phi) is 6.09. The van der Waals surface area contributed by atoms with Crippen molar-refractivity contribution in [2.45, 2.75) is 11.3 Å². The first-order valence-electron chi connectivity index (χ1n) is 8.83. The molecule has 3 rings (SSSR count). The Balaban J connectivity index is 1.72. The van der Waals surface area contributed by atoms with E-state index in [9.17, 15) is 23.3 Å². The van der Waals surface area contributed by atoms with Gasteiger partial charge < -0.3 is 9.64 Å². The Hall–Kier alpha value is -3.05. The predicted octanol–water partition coefficient (Wildman–Crippen LogP) is 1.07. The summed E-state index contributed by atoms with van der Waals surface area (Å²) in [4.78, 5) is 28.3. The van der Waals surface area contributed by atoms with Crippen LogP contribution >= 0.6 is 0 Å². The van der Waals surface area contributed by atoms with Gasteiger partial charge in [-0.05, 0) is 24.3 Å². The van der Waals surface area contributed by atoms with Crippen LogP contribution in [0.3, 0.4) is 0 Å². The van der Waals surface area contributed by atoms with Crippen molar-refractivity contribution in [1.82, 2.24) is 14.2 Å². The quantitative estimate of drug-likeness (QED) is 0.506. The molecule has 2 aromatic rings. The van der Waals surface area contributed by atoms with E-state index in [4.69, 9.17) is 4.74 Å². The number of carbonyl (C=O) groups excluding carboxylic acids is 1. The molecule has 154 valence electrons. The molecule has 1 saturated heterocycles. The molecule has 1 aromatic heterocycles. The van der Waals surface area contributed by atoms with E-state index in [0.717, 1.165) is 10.4 Å². The number of nitro groups is 1. The minimum atomic E-state index is -4.08. The number of nitro benzene ring substituents is 1. The van der Waals surface area contributed by atoms with Crippen LogP contribution in [-0.4, -0.2) is 66.7 Å². The van der Waals surface area contributed by atoms with Gasteiger partial charge in [-0.25, -0.2) is 8.42 Å². The van der Waals surface area contributed by atoms with Gasteiger partial charge in [-0.2, -0.15) is 4.31 Å². The van der Waals surface area contributed by atoms with Gasteiger partial charge in [0, 0.05) is 38.1 Å². The maximum absolute atomic E-state index is 12.9. The topological polar surface area (TPSA) is 123 Å². The van der Waals surface area contributed by atoms with E-state index in [2.05, 4.69) is 4.98 Å². The van der Waals surface area contributed by atoms with Crippen molar-refractivity contribution in [3.05, 3.63) is 58.4 Å². The Bertz CT molecular complexity index is 1000. The summed E-state index contributed by atoms with van der Waals surface area (Å²) in [7, 11) is -2.74. The average molecular weight is 420 g/mol. The average Bonchev–Trinajstić information content (AvgIpc) is 2.74. The Morgan fingerprint density at radius 2 is 1.93 bits per heavy atom. The second-order valence-corrected chi connectivity index (χ2v) is 8.28. The lowest BCUT2D eigenvalue weighted by Crippen LogP contribution is -2.50. The standard InChI is InChI=1S/C18H20N4O6S/c1-28-15-5-6-17(16(13-15)22(24)25)29(26,27)21-10-8-20(9-11-21)18(23)12-14-4-2-3-7-19-14/h2-7,13H,8-12H2,1H3. The van der Waals surface area contributed by atoms with Crippen LogP contribution in [-0.2, 0) is 21.2 Å². The van der Waals surface area contributed by atoms with Gasteiger partial charge in [0.05, 0.1) is 24.5 Å². The number of hydrogen-bond acceptors (Lipinski definition) is 7. The number of benzene rings is 1. The van der Waals surface area contributed by atoms with Crippen LogP contribution in [0.2, 0.25) is 0 Å². The van der Waals surface area contributed by atoms with Crippen molar-refractivity contribution in [3.63, 3.8) is 0 Å². The van der Waals surface area contributed by atoms with Crippen molar-refractivity contribution in [2.75, 3.05) is 33.3 Å². The number of sulfonamides is 1. The third kappa shape index (κ3) is 4.51. The Morgan fingerprint density at radius 3 is 2.52 bits per heavy atom. The summed E-state index contributed by atoms with van der Waals surface area (Å²) in [5, 5.41) is 11.3. The molecule has 1 aliphatic heterocycles. The fourth-order valence-corrected chi connectivity index (χ4v) is 4.63. The van der Waals surface area contributed by atoms with Crippen molar-refractivity contribution in [1.29, 1.82) is 0 Å². The summed E-state index contributed by atoms with van der Waals surface area (Å²) in [5.74, 6) is 0.0526. The molecule has 10 nitrogen and oxygen atoms in total. The van der Waals surface area contributed by atoms with Crippen LogP contribution in [0.5, 0.6) is 5.75 Å². The van der Waals surface area contributed by atoms with Gasteiger partial charge >= 0.3 is 0 Å². The van der Waals surface area contributed by atoms with E-state index in [1.54, 1.807) is 29.3 Å². The largest absolute Gasteiger partial charge is 0.497 e. The molecule has 0 spiro atoms. The second kappa shape index (κ2) is 8.53. The molecule has 29 heavy (non-hydrogen) atoms. The lowest BCUT2D eigenvalue weighted by molar-refractivity contribution is -0.387. The maximum atomic E-state index is 12.9. The molecule has 2 heterocycles. The Labute approximate surface area is 167 Å². The van der Waals surface area contributed by atoms with Crippen LogP contribution in [0.15, 0.2) is 47.5 Å². The van der Waals surface area contributed by atoms with E-state index in [1.807, 2.05) is 0 Å². The molecule has 1 fully saturated rings. The summed E-state index contributed by atoms with van der Waals surface area (Å²) in [5.41, 5.74) is 0.0967. The van der Waals surface area contributed by atoms with Crippen LogP contribution in [0, 0.1) is 10.1 Å². The number of piperazine rings is 1. The number of pyridine rings is 1. The molecule has 0 bridgehead atoms. The number of ether oxygens (including phenoxy) is 1. The number of methoxy groups -OCH3 is 1. The number of hydrogen-bond donors (Lipinski definition) is 0. The highest BCUT2D eigenvalue weighted by atomic mass is 32.2. The maximum Gasteiger partial charge on any atom is 0.293 e. The highest BCUT2D eigenvalue weighted by molar-refractivity contribution is 7.89. The van der Waals surface area contributed by atoms with Crippen LogP contribution in [0.1, 0.15) is 5.69 Å². The van der Waals surface area contributed by atoms with E-state index < -0.39 is 25.5 Å². The fraction of sp³-hybridized carbons (Fsp3) is 0.333. The molecule has 1 aromatic carbocycles. The van der Waals surface area contributed by atoms with Crippen LogP contribution in [0.4, 0.5) is 5.69 Å². The minimum absolute atomic E-state index is 0.0550. The van der Waals surface area contributed by atoms with Gasteiger partial charge in [0.25, 0.3) is 5.69 Å². The molecule has 11 heteroatoms.